The second-order valence-electron chi connectivity index (χ2n) is 7.05. The quantitative estimate of drug-likeness (QED) is 0.373. The standard InChI is InChI=1S/C24H19NO8S/c1-2-31-20(26)15-25-21(22(27)16-9-4-3-5-10-16)23(33-24(28)18-12-8-14-32-18)17-11-6-7-13-19(17)34(25,29)30/h3-14H,2,15H2,1H3. The molecule has 0 radical (unpaired) electrons. The number of ketones is 1. The molecule has 0 saturated carbocycles. The molecule has 0 amide bonds. The molecule has 3 aromatic rings. The van der Waals surface area contributed by atoms with Gasteiger partial charge in [0.2, 0.25) is 11.5 Å². The Morgan fingerprint density at radius 3 is 2.32 bits per heavy atom. The van der Waals surface area contributed by atoms with Gasteiger partial charge >= 0.3 is 11.9 Å². The molecule has 34 heavy (non-hydrogen) atoms. The third-order valence-corrected chi connectivity index (χ3v) is 6.71. The molecule has 0 aliphatic carbocycles. The first-order valence-electron chi connectivity index (χ1n) is 10.2. The van der Waals surface area contributed by atoms with E-state index in [1.165, 1.54) is 48.7 Å². The van der Waals surface area contributed by atoms with Gasteiger partial charge in [0.1, 0.15) is 12.2 Å². The Morgan fingerprint density at radius 1 is 0.941 bits per heavy atom. The van der Waals surface area contributed by atoms with Gasteiger partial charge in [-0.15, -0.1) is 0 Å². The van der Waals surface area contributed by atoms with Gasteiger partial charge in [0.15, 0.2) is 5.76 Å². The SMILES string of the molecule is CCOC(=O)CN1C(C(=O)c2ccccc2)=C(OC(=O)c2ccco2)c2ccccc2S1(=O)=O. The van der Waals surface area contributed by atoms with Crippen molar-refractivity contribution in [3.05, 3.63) is 95.6 Å². The average Bonchev–Trinajstić information content (AvgIpc) is 3.38. The molecule has 1 aliphatic heterocycles. The molecule has 2 heterocycles. The van der Waals surface area contributed by atoms with E-state index in [1.807, 2.05) is 0 Å². The van der Waals surface area contributed by atoms with Crippen LogP contribution in [0, 0.1) is 0 Å². The summed E-state index contributed by atoms with van der Waals surface area (Å²) in [5, 5.41) is 0. The summed E-state index contributed by atoms with van der Waals surface area (Å²) in [6, 6.07) is 16.4. The van der Waals surface area contributed by atoms with Gasteiger partial charge < -0.3 is 13.9 Å². The Bertz CT molecular complexity index is 1380. The van der Waals surface area contributed by atoms with Gasteiger partial charge in [-0.3, -0.25) is 9.59 Å². The highest BCUT2D eigenvalue weighted by molar-refractivity contribution is 7.89. The predicted octanol–water partition coefficient (Wildman–Crippen LogP) is 3.26. The molecule has 174 valence electrons. The van der Waals surface area contributed by atoms with E-state index in [0.29, 0.717) is 4.31 Å². The number of hydrogen-bond donors (Lipinski definition) is 0. The number of sulfonamides is 1. The van der Waals surface area contributed by atoms with Crippen LogP contribution < -0.4 is 0 Å². The number of benzene rings is 2. The zero-order valence-corrected chi connectivity index (χ0v) is 18.8. The number of Topliss-reactive ketones (excluding diaryl/α,β-unsaturated/α-hetero) is 1. The number of carbonyl (C=O) groups is 3. The molecule has 9 nitrogen and oxygen atoms in total. The van der Waals surface area contributed by atoms with Crippen molar-refractivity contribution in [2.24, 2.45) is 0 Å². The summed E-state index contributed by atoms with van der Waals surface area (Å²) >= 11 is 0. The van der Waals surface area contributed by atoms with E-state index in [9.17, 15) is 22.8 Å². The Morgan fingerprint density at radius 2 is 1.65 bits per heavy atom. The highest BCUT2D eigenvalue weighted by atomic mass is 32.2. The van der Waals surface area contributed by atoms with E-state index in [1.54, 1.807) is 31.2 Å². The smallest absolute Gasteiger partial charge is 0.379 e. The first kappa shape index (κ1) is 23.0. The Balaban J connectivity index is 1.96. The van der Waals surface area contributed by atoms with Crippen molar-refractivity contribution < 1.29 is 36.7 Å². The van der Waals surface area contributed by atoms with Gasteiger partial charge in [-0.05, 0) is 31.2 Å². The van der Waals surface area contributed by atoms with Crippen molar-refractivity contribution in [3.8, 4) is 0 Å². The summed E-state index contributed by atoms with van der Waals surface area (Å²) in [4.78, 5) is 38.5. The summed E-state index contributed by atoms with van der Waals surface area (Å²) in [7, 11) is -4.38. The predicted molar refractivity (Wildman–Crippen MR) is 119 cm³/mol. The summed E-state index contributed by atoms with van der Waals surface area (Å²) in [5.74, 6) is -3.04. The van der Waals surface area contributed by atoms with Crippen LogP contribution in [0.3, 0.4) is 0 Å². The van der Waals surface area contributed by atoms with Crippen molar-refractivity contribution in [2.75, 3.05) is 13.2 Å². The number of hydrogen-bond acceptors (Lipinski definition) is 8. The molecule has 0 N–H and O–H groups in total. The average molecular weight is 481 g/mol. The van der Waals surface area contributed by atoms with Crippen LogP contribution >= 0.6 is 0 Å². The molecule has 10 heteroatoms. The second-order valence-corrected chi connectivity index (χ2v) is 8.88. The van der Waals surface area contributed by atoms with Gasteiger partial charge in [-0.1, -0.05) is 42.5 Å². The maximum atomic E-state index is 13.6. The molecular weight excluding hydrogens is 462 g/mol. The molecule has 0 saturated heterocycles. The molecule has 0 bridgehead atoms. The number of furan rings is 1. The van der Waals surface area contributed by atoms with Crippen molar-refractivity contribution >= 4 is 33.5 Å². The van der Waals surface area contributed by atoms with Crippen LogP contribution in [0.15, 0.2) is 88.0 Å². The number of carbonyl (C=O) groups excluding carboxylic acids is 3. The fourth-order valence-electron chi connectivity index (χ4n) is 3.43. The summed E-state index contributed by atoms with van der Waals surface area (Å²) < 4.78 is 43.2. The number of fused-ring (bicyclic) bond motifs is 1. The monoisotopic (exact) mass is 481 g/mol. The maximum Gasteiger partial charge on any atom is 0.379 e. The number of rotatable bonds is 7. The zero-order valence-electron chi connectivity index (χ0n) is 18.0. The van der Waals surface area contributed by atoms with Crippen molar-refractivity contribution in [2.45, 2.75) is 11.8 Å². The molecule has 0 spiro atoms. The fraction of sp³-hybridized carbons (Fsp3) is 0.125. The molecule has 1 aromatic heterocycles. The minimum atomic E-state index is -4.38. The molecule has 0 fully saturated rings. The molecule has 2 aromatic carbocycles. The third kappa shape index (κ3) is 4.23. The van der Waals surface area contributed by atoms with Crippen LogP contribution in [0.2, 0.25) is 0 Å². The first-order valence-corrected chi connectivity index (χ1v) is 11.7. The van der Waals surface area contributed by atoms with Crippen LogP contribution in [0.1, 0.15) is 33.4 Å². The lowest BCUT2D eigenvalue weighted by Gasteiger charge is -2.32. The lowest BCUT2D eigenvalue weighted by Crippen LogP contribution is -2.42. The van der Waals surface area contributed by atoms with E-state index in [4.69, 9.17) is 13.9 Å². The third-order valence-electron chi connectivity index (χ3n) is 4.91. The molecule has 1 aliphatic rings. The molecule has 0 atom stereocenters. The topological polar surface area (TPSA) is 120 Å². The lowest BCUT2D eigenvalue weighted by molar-refractivity contribution is -0.142. The van der Waals surface area contributed by atoms with E-state index in [2.05, 4.69) is 0 Å². The van der Waals surface area contributed by atoms with E-state index in [-0.39, 0.29) is 34.1 Å². The fourth-order valence-corrected chi connectivity index (χ4v) is 5.04. The van der Waals surface area contributed by atoms with Gasteiger partial charge in [0.25, 0.3) is 10.0 Å². The van der Waals surface area contributed by atoms with Crippen molar-refractivity contribution in [1.82, 2.24) is 4.31 Å². The Kier molecular flexibility index (Phi) is 6.33. The highest BCUT2D eigenvalue weighted by Gasteiger charge is 2.43. The highest BCUT2D eigenvalue weighted by Crippen LogP contribution is 2.39. The van der Waals surface area contributed by atoms with E-state index in [0.717, 1.165) is 0 Å². The van der Waals surface area contributed by atoms with Crippen LogP contribution in [-0.4, -0.2) is 43.6 Å². The summed E-state index contributed by atoms with van der Waals surface area (Å²) in [6.45, 7) is 0.788. The largest absolute Gasteiger partial charge is 0.465 e. The van der Waals surface area contributed by atoms with Crippen LogP contribution in [0.4, 0.5) is 0 Å². The minimum absolute atomic E-state index is 0.00166. The summed E-state index contributed by atoms with van der Waals surface area (Å²) in [6.07, 6.45) is 1.27. The molecule has 4 rings (SSSR count). The van der Waals surface area contributed by atoms with Crippen LogP contribution in [-0.2, 0) is 24.3 Å². The zero-order chi connectivity index (χ0) is 24.3. The van der Waals surface area contributed by atoms with Crippen LogP contribution in [0.25, 0.3) is 5.76 Å². The summed E-state index contributed by atoms with van der Waals surface area (Å²) in [5.41, 5.74) is -0.354. The van der Waals surface area contributed by atoms with E-state index < -0.39 is 40.0 Å². The first-order chi connectivity index (χ1) is 16.3. The van der Waals surface area contributed by atoms with Gasteiger partial charge in [-0.2, -0.15) is 0 Å². The minimum Gasteiger partial charge on any atom is -0.465 e. The van der Waals surface area contributed by atoms with Crippen LogP contribution in [0.5, 0.6) is 0 Å². The van der Waals surface area contributed by atoms with Crippen molar-refractivity contribution in [1.29, 1.82) is 0 Å². The van der Waals surface area contributed by atoms with Gasteiger partial charge in [0.05, 0.1) is 17.8 Å². The number of nitrogens with zero attached hydrogens (tertiary/aromatic N) is 1. The van der Waals surface area contributed by atoms with E-state index >= 15 is 0 Å². The Hall–Kier alpha value is -4.18. The molecule has 0 unspecified atom stereocenters. The number of allylic oxidation sites excluding steroid dienone is 1. The normalized spacial score (nSPS) is 14.3. The Labute approximate surface area is 195 Å². The maximum absolute atomic E-state index is 13.6. The molecular formula is C24H19NO8S. The number of ether oxygens (including phenoxy) is 2. The number of esters is 2. The van der Waals surface area contributed by atoms with Gasteiger partial charge in [0, 0.05) is 11.1 Å². The second kappa shape index (κ2) is 9.36. The van der Waals surface area contributed by atoms with Crippen molar-refractivity contribution in [3.63, 3.8) is 0 Å². The van der Waals surface area contributed by atoms with Gasteiger partial charge in [-0.25, -0.2) is 17.5 Å². The lowest BCUT2D eigenvalue weighted by atomic mass is 10.0.